The van der Waals surface area contributed by atoms with E-state index in [4.69, 9.17) is 0 Å². The molecule has 1 saturated heterocycles. The molecule has 1 heterocycles. The SMILES string of the molecule is CN(Cc1ccccc1)C(CN1CCNCC1)c1ccc(F)cc1. The number of nitrogens with one attached hydrogen (secondary N) is 1. The lowest BCUT2D eigenvalue weighted by Gasteiger charge is -2.35. The van der Waals surface area contributed by atoms with E-state index in [1.165, 1.54) is 11.1 Å². The third kappa shape index (κ3) is 4.63. The van der Waals surface area contributed by atoms with Gasteiger partial charge in [-0.1, -0.05) is 42.5 Å². The minimum absolute atomic E-state index is 0.176. The third-order valence-electron chi connectivity index (χ3n) is 4.70. The molecule has 0 amide bonds. The van der Waals surface area contributed by atoms with E-state index in [0.29, 0.717) is 0 Å². The largest absolute Gasteiger partial charge is 0.314 e. The Balaban J connectivity index is 1.76. The summed E-state index contributed by atoms with van der Waals surface area (Å²) in [5.41, 5.74) is 2.47. The number of benzene rings is 2. The maximum absolute atomic E-state index is 13.3. The van der Waals surface area contributed by atoms with Crippen LogP contribution in [0, 0.1) is 5.82 Å². The van der Waals surface area contributed by atoms with Crippen LogP contribution in [-0.4, -0.2) is 49.6 Å². The molecular formula is C20H26FN3. The first-order chi connectivity index (χ1) is 11.7. The van der Waals surface area contributed by atoms with E-state index < -0.39 is 0 Å². The van der Waals surface area contributed by atoms with Crippen molar-refractivity contribution in [1.82, 2.24) is 15.1 Å². The first kappa shape index (κ1) is 17.1. The van der Waals surface area contributed by atoms with Crippen molar-refractivity contribution in [2.45, 2.75) is 12.6 Å². The predicted molar refractivity (Wildman–Crippen MR) is 96.4 cm³/mol. The van der Waals surface area contributed by atoms with Gasteiger partial charge in [0.2, 0.25) is 0 Å². The molecule has 128 valence electrons. The standard InChI is InChI=1S/C20H26FN3/c1-23(15-17-5-3-2-4-6-17)20(16-24-13-11-22-12-14-24)18-7-9-19(21)10-8-18/h2-10,20,22H,11-16H2,1H3. The van der Waals surface area contributed by atoms with Crippen LogP contribution in [0.1, 0.15) is 17.2 Å². The van der Waals surface area contributed by atoms with Crippen LogP contribution in [-0.2, 0) is 6.54 Å². The number of halogens is 1. The highest BCUT2D eigenvalue weighted by Crippen LogP contribution is 2.23. The van der Waals surface area contributed by atoms with E-state index in [1.807, 2.05) is 18.2 Å². The van der Waals surface area contributed by atoms with Crippen molar-refractivity contribution in [2.75, 3.05) is 39.8 Å². The zero-order chi connectivity index (χ0) is 16.8. The molecule has 1 fully saturated rings. The Bertz CT molecular complexity index is 609. The van der Waals surface area contributed by atoms with Gasteiger partial charge in [0.05, 0.1) is 0 Å². The molecule has 0 aromatic heterocycles. The van der Waals surface area contributed by atoms with Crippen molar-refractivity contribution < 1.29 is 4.39 Å². The molecule has 0 radical (unpaired) electrons. The van der Waals surface area contributed by atoms with Crippen molar-refractivity contribution in [3.63, 3.8) is 0 Å². The Morgan fingerprint density at radius 1 is 1.04 bits per heavy atom. The number of likely N-dealkylation sites (N-methyl/N-ethyl adjacent to an activating group) is 1. The monoisotopic (exact) mass is 327 g/mol. The number of rotatable bonds is 6. The third-order valence-corrected chi connectivity index (χ3v) is 4.70. The molecule has 0 aliphatic carbocycles. The van der Waals surface area contributed by atoms with Crippen LogP contribution in [0.3, 0.4) is 0 Å². The molecule has 0 spiro atoms. The van der Waals surface area contributed by atoms with Gasteiger partial charge in [0.25, 0.3) is 0 Å². The maximum atomic E-state index is 13.3. The number of piperazine rings is 1. The summed E-state index contributed by atoms with van der Waals surface area (Å²) in [7, 11) is 2.16. The van der Waals surface area contributed by atoms with Gasteiger partial charge in [-0.05, 0) is 30.3 Å². The van der Waals surface area contributed by atoms with Crippen LogP contribution in [0.5, 0.6) is 0 Å². The van der Waals surface area contributed by atoms with Crippen molar-refractivity contribution in [1.29, 1.82) is 0 Å². The molecule has 1 atom stereocenters. The van der Waals surface area contributed by atoms with Crippen LogP contribution < -0.4 is 5.32 Å². The Morgan fingerprint density at radius 3 is 2.38 bits per heavy atom. The van der Waals surface area contributed by atoms with Gasteiger partial charge < -0.3 is 5.32 Å². The molecule has 1 N–H and O–H groups in total. The zero-order valence-corrected chi connectivity index (χ0v) is 14.3. The minimum Gasteiger partial charge on any atom is -0.314 e. The molecule has 1 aliphatic heterocycles. The van der Waals surface area contributed by atoms with Gasteiger partial charge in [-0.25, -0.2) is 4.39 Å². The van der Waals surface area contributed by atoms with Gasteiger partial charge in [-0.2, -0.15) is 0 Å². The molecule has 3 nitrogen and oxygen atoms in total. The molecular weight excluding hydrogens is 301 g/mol. The Morgan fingerprint density at radius 2 is 1.71 bits per heavy atom. The summed E-state index contributed by atoms with van der Waals surface area (Å²) in [4.78, 5) is 4.86. The van der Waals surface area contributed by atoms with Crippen molar-refractivity contribution in [3.8, 4) is 0 Å². The molecule has 4 heteroatoms. The number of hydrogen-bond acceptors (Lipinski definition) is 3. The fourth-order valence-electron chi connectivity index (χ4n) is 3.30. The van der Waals surface area contributed by atoms with Crippen molar-refractivity contribution in [3.05, 3.63) is 71.5 Å². The van der Waals surface area contributed by atoms with Crippen LogP contribution >= 0.6 is 0 Å². The average Bonchev–Trinajstić information content (AvgIpc) is 2.62. The summed E-state index contributed by atoms with van der Waals surface area (Å²) in [6.07, 6.45) is 0. The normalized spacial score (nSPS) is 17.1. The van der Waals surface area contributed by atoms with Gasteiger partial charge in [0.15, 0.2) is 0 Å². The first-order valence-corrected chi connectivity index (χ1v) is 8.65. The molecule has 2 aromatic rings. The molecule has 3 rings (SSSR count). The molecule has 1 aliphatic rings. The summed E-state index contributed by atoms with van der Waals surface area (Å²) < 4.78 is 13.3. The minimum atomic E-state index is -0.176. The van der Waals surface area contributed by atoms with Crippen LogP contribution in [0.2, 0.25) is 0 Å². The second-order valence-electron chi connectivity index (χ2n) is 6.52. The molecule has 2 aromatic carbocycles. The van der Waals surface area contributed by atoms with Gasteiger partial charge in [-0.15, -0.1) is 0 Å². The summed E-state index contributed by atoms with van der Waals surface area (Å²) >= 11 is 0. The first-order valence-electron chi connectivity index (χ1n) is 8.65. The lowest BCUT2D eigenvalue weighted by atomic mass is 10.0. The van der Waals surface area contributed by atoms with Crippen molar-refractivity contribution >= 4 is 0 Å². The fourth-order valence-corrected chi connectivity index (χ4v) is 3.30. The highest BCUT2D eigenvalue weighted by Gasteiger charge is 2.22. The topological polar surface area (TPSA) is 18.5 Å². The average molecular weight is 327 g/mol. The van der Waals surface area contributed by atoms with Crippen LogP contribution in [0.25, 0.3) is 0 Å². The molecule has 24 heavy (non-hydrogen) atoms. The van der Waals surface area contributed by atoms with Crippen LogP contribution in [0.4, 0.5) is 4.39 Å². The van der Waals surface area contributed by atoms with Crippen LogP contribution in [0.15, 0.2) is 54.6 Å². The van der Waals surface area contributed by atoms with Gasteiger partial charge in [-0.3, -0.25) is 9.80 Å². The molecule has 0 bridgehead atoms. The number of hydrogen-bond donors (Lipinski definition) is 1. The van der Waals surface area contributed by atoms with Gasteiger partial charge in [0.1, 0.15) is 5.82 Å². The summed E-state index contributed by atoms with van der Waals surface area (Å²) in [6.45, 7) is 6.07. The summed E-state index contributed by atoms with van der Waals surface area (Å²) in [5, 5.41) is 3.40. The van der Waals surface area contributed by atoms with E-state index >= 15 is 0 Å². The Hall–Kier alpha value is -1.75. The second-order valence-corrected chi connectivity index (χ2v) is 6.52. The van der Waals surface area contributed by atoms with E-state index in [0.717, 1.165) is 39.3 Å². The maximum Gasteiger partial charge on any atom is 0.123 e. The molecule has 1 unspecified atom stereocenters. The Kier molecular flexibility index (Phi) is 5.96. The second kappa shape index (κ2) is 8.38. The van der Waals surface area contributed by atoms with Gasteiger partial charge in [0, 0.05) is 45.3 Å². The highest BCUT2D eigenvalue weighted by molar-refractivity contribution is 5.21. The summed E-state index contributed by atoms with van der Waals surface area (Å²) in [6, 6.07) is 17.7. The molecule has 0 saturated carbocycles. The lowest BCUT2D eigenvalue weighted by Crippen LogP contribution is -2.46. The van der Waals surface area contributed by atoms with E-state index in [9.17, 15) is 4.39 Å². The van der Waals surface area contributed by atoms with E-state index in [-0.39, 0.29) is 11.9 Å². The summed E-state index contributed by atoms with van der Waals surface area (Å²) in [5.74, 6) is -0.176. The van der Waals surface area contributed by atoms with Crippen molar-refractivity contribution in [2.24, 2.45) is 0 Å². The zero-order valence-electron chi connectivity index (χ0n) is 14.3. The lowest BCUT2D eigenvalue weighted by molar-refractivity contribution is 0.146. The Labute approximate surface area is 144 Å². The van der Waals surface area contributed by atoms with E-state index in [2.05, 4.69) is 46.4 Å². The predicted octanol–water partition coefficient (Wildman–Crippen LogP) is 2.90. The van der Waals surface area contributed by atoms with E-state index in [1.54, 1.807) is 12.1 Å². The highest BCUT2D eigenvalue weighted by atomic mass is 19.1. The van der Waals surface area contributed by atoms with Gasteiger partial charge >= 0.3 is 0 Å². The quantitative estimate of drug-likeness (QED) is 0.880. The smallest absolute Gasteiger partial charge is 0.123 e. The fraction of sp³-hybridized carbons (Fsp3) is 0.400. The number of nitrogens with zero attached hydrogens (tertiary/aromatic N) is 2.